The molecule has 1 aromatic carbocycles. The van der Waals surface area contributed by atoms with Gasteiger partial charge in [0.2, 0.25) is 9.84 Å². The van der Waals surface area contributed by atoms with Crippen molar-refractivity contribution in [1.82, 2.24) is 0 Å². The maximum atomic E-state index is 12.8. The van der Waals surface area contributed by atoms with E-state index >= 15 is 0 Å². The van der Waals surface area contributed by atoms with E-state index < -0.39 is 9.84 Å². The summed E-state index contributed by atoms with van der Waals surface area (Å²) in [6.07, 6.45) is 1.01. The smallest absolute Gasteiger partial charge is 0.206 e. The number of methoxy groups -OCH3 is 1. The zero-order valence-corrected chi connectivity index (χ0v) is 13.2. The highest BCUT2D eigenvalue weighted by molar-refractivity contribution is 7.95. The Hall–Kier alpha value is -1.55. The van der Waals surface area contributed by atoms with Crippen LogP contribution >= 0.6 is 0 Å². The number of rotatable bonds is 3. The molecule has 1 aromatic rings. The maximum Gasteiger partial charge on any atom is 0.206 e. The van der Waals surface area contributed by atoms with Crippen LogP contribution in [0.3, 0.4) is 0 Å². The van der Waals surface area contributed by atoms with Gasteiger partial charge < -0.3 is 4.74 Å². The Bertz CT molecular complexity index is 677. The summed E-state index contributed by atoms with van der Waals surface area (Å²) in [7, 11) is -1.94. The van der Waals surface area contributed by atoms with E-state index in [1.165, 1.54) is 12.7 Å². The Morgan fingerprint density at radius 2 is 1.50 bits per heavy atom. The molecular weight excluding hydrogens is 272 g/mol. The Morgan fingerprint density at radius 3 is 2.05 bits per heavy atom. The summed E-state index contributed by atoms with van der Waals surface area (Å²) in [5.74, 6) is 0.564. The van der Waals surface area contributed by atoms with Gasteiger partial charge in [0.25, 0.3) is 0 Å². The average molecular weight is 292 g/mol. The third-order valence-corrected chi connectivity index (χ3v) is 5.71. The number of aryl methyl sites for hydroxylation is 1. The largest absolute Gasteiger partial charge is 0.500 e. The van der Waals surface area contributed by atoms with Crippen LogP contribution in [0, 0.1) is 6.92 Å². The van der Waals surface area contributed by atoms with Crippen LogP contribution in [-0.2, 0) is 14.6 Å². The molecule has 108 valence electrons. The maximum absolute atomic E-state index is 12.8. The summed E-state index contributed by atoms with van der Waals surface area (Å²) in [5.41, 5.74) is 3.33. The summed E-state index contributed by atoms with van der Waals surface area (Å²) < 4.78 is 30.8. The van der Waals surface area contributed by atoms with Crippen molar-refractivity contribution in [2.45, 2.75) is 38.5 Å². The Balaban J connectivity index is 2.50. The third kappa shape index (κ3) is 2.66. The standard InChI is InChI=1S/C16H20O3S/c1-11-5-7-14(8-6-11)20(17,18)16-10-13(3)12(2)9-15(16)19-4/h5-8H,9-10H2,1-4H3. The lowest BCUT2D eigenvalue weighted by Crippen LogP contribution is -2.13. The second-order valence-corrected chi connectivity index (χ2v) is 7.25. The number of sulfone groups is 1. The molecular formula is C16H20O3S. The van der Waals surface area contributed by atoms with Gasteiger partial charge in [0.05, 0.1) is 16.9 Å². The number of allylic oxidation sites excluding steroid dienone is 3. The summed E-state index contributed by atoms with van der Waals surface area (Å²) >= 11 is 0. The van der Waals surface area contributed by atoms with Crippen LogP contribution in [0.4, 0.5) is 0 Å². The van der Waals surface area contributed by atoms with E-state index in [1.54, 1.807) is 12.1 Å². The van der Waals surface area contributed by atoms with Crippen molar-refractivity contribution in [2.75, 3.05) is 7.11 Å². The monoisotopic (exact) mass is 292 g/mol. The molecule has 0 atom stereocenters. The van der Waals surface area contributed by atoms with Gasteiger partial charge >= 0.3 is 0 Å². The lowest BCUT2D eigenvalue weighted by atomic mass is 9.98. The molecule has 1 aliphatic carbocycles. The zero-order chi connectivity index (χ0) is 14.9. The van der Waals surface area contributed by atoms with Crippen LogP contribution in [0.25, 0.3) is 0 Å². The fourth-order valence-corrected chi connectivity index (χ4v) is 3.91. The van der Waals surface area contributed by atoms with E-state index in [0.717, 1.165) is 11.1 Å². The molecule has 0 fully saturated rings. The molecule has 0 aliphatic heterocycles. The van der Waals surface area contributed by atoms with Crippen molar-refractivity contribution in [3.05, 3.63) is 51.6 Å². The van der Waals surface area contributed by atoms with Gasteiger partial charge in [0, 0.05) is 12.8 Å². The van der Waals surface area contributed by atoms with E-state index in [9.17, 15) is 8.42 Å². The van der Waals surface area contributed by atoms with Gasteiger partial charge in [-0.05, 0) is 32.9 Å². The molecule has 0 saturated carbocycles. The molecule has 0 radical (unpaired) electrons. The number of hydrogen-bond acceptors (Lipinski definition) is 3. The van der Waals surface area contributed by atoms with E-state index in [2.05, 4.69) is 0 Å². The SMILES string of the molecule is COC1=C(S(=O)(=O)c2ccc(C)cc2)CC(C)=C(C)C1. The van der Waals surface area contributed by atoms with Crippen molar-refractivity contribution >= 4 is 9.84 Å². The molecule has 0 unspecified atom stereocenters. The molecule has 4 heteroatoms. The molecule has 3 nitrogen and oxygen atoms in total. The Morgan fingerprint density at radius 1 is 0.950 bits per heavy atom. The van der Waals surface area contributed by atoms with Gasteiger partial charge in [-0.25, -0.2) is 8.42 Å². The molecule has 0 N–H and O–H groups in total. The topological polar surface area (TPSA) is 43.4 Å². The minimum atomic E-state index is -3.48. The van der Waals surface area contributed by atoms with Gasteiger partial charge in [-0.2, -0.15) is 0 Å². The quantitative estimate of drug-likeness (QED) is 0.797. The minimum Gasteiger partial charge on any atom is -0.500 e. The number of hydrogen-bond donors (Lipinski definition) is 0. The first-order valence-corrected chi connectivity index (χ1v) is 8.07. The predicted octanol–water partition coefficient (Wildman–Crippen LogP) is 3.76. The van der Waals surface area contributed by atoms with Gasteiger partial charge in [-0.1, -0.05) is 28.8 Å². The number of benzene rings is 1. The van der Waals surface area contributed by atoms with Gasteiger partial charge in [0.1, 0.15) is 5.76 Å². The first-order chi connectivity index (χ1) is 9.36. The highest BCUT2D eigenvalue weighted by Crippen LogP contribution is 2.35. The highest BCUT2D eigenvalue weighted by atomic mass is 32.2. The Kier molecular flexibility index (Phi) is 4.04. The normalized spacial score (nSPS) is 16.6. The molecule has 2 rings (SSSR count). The molecule has 0 bridgehead atoms. The first kappa shape index (κ1) is 14.9. The van der Waals surface area contributed by atoms with Crippen LogP contribution in [0.15, 0.2) is 51.0 Å². The third-order valence-electron chi connectivity index (χ3n) is 3.79. The van der Waals surface area contributed by atoms with Crippen molar-refractivity contribution in [2.24, 2.45) is 0 Å². The number of ether oxygens (including phenoxy) is 1. The zero-order valence-electron chi connectivity index (χ0n) is 12.4. The van der Waals surface area contributed by atoms with Crippen molar-refractivity contribution in [3.63, 3.8) is 0 Å². The second-order valence-electron chi connectivity index (χ2n) is 5.28. The summed E-state index contributed by atoms with van der Waals surface area (Å²) in [4.78, 5) is 0.729. The Labute approximate surface area is 120 Å². The second kappa shape index (κ2) is 5.44. The van der Waals surface area contributed by atoms with Crippen LogP contribution in [0.2, 0.25) is 0 Å². The molecule has 0 spiro atoms. The van der Waals surface area contributed by atoms with Crippen LogP contribution in [0.5, 0.6) is 0 Å². The molecule has 0 saturated heterocycles. The van der Waals surface area contributed by atoms with E-state index in [-0.39, 0.29) is 0 Å². The van der Waals surface area contributed by atoms with Gasteiger partial charge in [-0.3, -0.25) is 0 Å². The van der Waals surface area contributed by atoms with Crippen LogP contribution < -0.4 is 0 Å². The van der Waals surface area contributed by atoms with Crippen molar-refractivity contribution in [3.8, 4) is 0 Å². The fourth-order valence-electron chi connectivity index (χ4n) is 2.27. The van der Waals surface area contributed by atoms with Gasteiger partial charge in [-0.15, -0.1) is 0 Å². The summed E-state index contributed by atoms with van der Waals surface area (Å²) in [6.45, 7) is 5.93. The first-order valence-electron chi connectivity index (χ1n) is 6.59. The van der Waals surface area contributed by atoms with Crippen LogP contribution in [-0.4, -0.2) is 15.5 Å². The lowest BCUT2D eigenvalue weighted by Gasteiger charge is -2.21. The minimum absolute atomic E-state index is 0.333. The summed E-state index contributed by atoms with van der Waals surface area (Å²) in [5, 5.41) is 0. The van der Waals surface area contributed by atoms with Gasteiger partial charge in [0.15, 0.2) is 0 Å². The summed E-state index contributed by atoms with van der Waals surface area (Å²) in [6, 6.07) is 6.95. The van der Waals surface area contributed by atoms with Crippen molar-refractivity contribution in [1.29, 1.82) is 0 Å². The molecule has 0 aromatic heterocycles. The highest BCUT2D eigenvalue weighted by Gasteiger charge is 2.28. The fraction of sp³-hybridized carbons (Fsp3) is 0.375. The molecule has 20 heavy (non-hydrogen) atoms. The van der Waals surface area contributed by atoms with E-state index in [4.69, 9.17) is 4.74 Å². The average Bonchev–Trinajstić information content (AvgIpc) is 2.41. The van der Waals surface area contributed by atoms with Crippen LogP contribution in [0.1, 0.15) is 32.3 Å². The van der Waals surface area contributed by atoms with E-state index in [1.807, 2.05) is 32.9 Å². The lowest BCUT2D eigenvalue weighted by molar-refractivity contribution is 0.277. The molecule has 0 amide bonds. The van der Waals surface area contributed by atoms with E-state index in [0.29, 0.717) is 28.4 Å². The molecule has 0 heterocycles. The molecule has 1 aliphatic rings. The van der Waals surface area contributed by atoms with Crippen molar-refractivity contribution < 1.29 is 13.2 Å². The predicted molar refractivity (Wildman–Crippen MR) is 80.0 cm³/mol.